The number of carboxylic acid groups (broad SMARTS) is 1. The van der Waals surface area contributed by atoms with E-state index in [0.717, 1.165) is 9.26 Å². The Labute approximate surface area is 157 Å². The van der Waals surface area contributed by atoms with Gasteiger partial charge in [-0.3, -0.25) is 9.78 Å². The van der Waals surface area contributed by atoms with E-state index in [9.17, 15) is 4.79 Å². The van der Waals surface area contributed by atoms with Gasteiger partial charge in [0.2, 0.25) is 5.95 Å². The van der Waals surface area contributed by atoms with Crippen molar-refractivity contribution in [3.05, 3.63) is 58.3 Å². The monoisotopic (exact) mass is 447 g/mol. The van der Waals surface area contributed by atoms with E-state index in [1.54, 1.807) is 12.3 Å². The number of benzene rings is 1. The molecule has 0 saturated heterocycles. The number of pyridine rings is 1. The summed E-state index contributed by atoms with van der Waals surface area (Å²) in [5, 5.41) is 14.8. The lowest BCUT2D eigenvalue weighted by Gasteiger charge is -2.11. The molecule has 0 spiro atoms. The molecule has 126 valence electrons. The molecule has 2 aromatic heterocycles. The molecule has 0 aliphatic heterocycles. The van der Waals surface area contributed by atoms with Crippen LogP contribution in [0.4, 0.5) is 17.5 Å². The summed E-state index contributed by atoms with van der Waals surface area (Å²) >= 11 is 2.23. The van der Waals surface area contributed by atoms with Crippen molar-refractivity contribution in [1.29, 1.82) is 0 Å². The van der Waals surface area contributed by atoms with Crippen LogP contribution in [0.1, 0.15) is 0 Å². The lowest BCUT2D eigenvalue weighted by Crippen LogP contribution is -2.15. The van der Waals surface area contributed by atoms with Gasteiger partial charge in [0.25, 0.3) is 0 Å². The molecule has 25 heavy (non-hydrogen) atoms. The van der Waals surface area contributed by atoms with Gasteiger partial charge in [0.15, 0.2) is 0 Å². The van der Waals surface area contributed by atoms with Crippen LogP contribution in [0.2, 0.25) is 0 Å². The van der Waals surface area contributed by atoms with E-state index in [0.29, 0.717) is 17.2 Å². The number of aromatic nitrogens is 3. The molecule has 0 amide bonds. The number of nitrogens with zero attached hydrogens (tertiary/aromatic N) is 3. The Morgan fingerprint density at radius 2 is 1.88 bits per heavy atom. The quantitative estimate of drug-likeness (QED) is 0.499. The van der Waals surface area contributed by atoms with Crippen molar-refractivity contribution >= 4 is 46.0 Å². The fourth-order valence-electron chi connectivity index (χ4n) is 2.09. The van der Waals surface area contributed by atoms with Crippen LogP contribution in [0.5, 0.6) is 0 Å². The summed E-state index contributed by atoms with van der Waals surface area (Å²) < 4.78 is 1.04. The van der Waals surface area contributed by atoms with Gasteiger partial charge in [0.05, 0.1) is 17.1 Å². The van der Waals surface area contributed by atoms with Crippen molar-refractivity contribution in [3.63, 3.8) is 0 Å². The molecular formula is C17H14IN5O2. The van der Waals surface area contributed by atoms with Gasteiger partial charge >= 0.3 is 5.97 Å². The molecule has 0 radical (unpaired) electrons. The zero-order valence-electron chi connectivity index (χ0n) is 13.0. The van der Waals surface area contributed by atoms with E-state index in [4.69, 9.17) is 5.11 Å². The molecule has 0 aliphatic carbocycles. The van der Waals surface area contributed by atoms with E-state index >= 15 is 0 Å². The summed E-state index contributed by atoms with van der Waals surface area (Å²) in [6.07, 6.45) is 1.68. The Bertz CT molecular complexity index is 889. The van der Waals surface area contributed by atoms with Gasteiger partial charge in [-0.15, -0.1) is 0 Å². The number of hydrogen-bond acceptors (Lipinski definition) is 6. The average Bonchev–Trinajstić information content (AvgIpc) is 2.62. The van der Waals surface area contributed by atoms with Crippen LogP contribution in [0.25, 0.3) is 11.4 Å². The molecule has 8 heteroatoms. The van der Waals surface area contributed by atoms with E-state index in [1.165, 1.54) is 0 Å². The fraction of sp³-hybridized carbons (Fsp3) is 0.0588. The summed E-state index contributed by atoms with van der Waals surface area (Å²) in [6, 6.07) is 15.1. The van der Waals surface area contributed by atoms with Crippen LogP contribution in [-0.2, 0) is 4.79 Å². The molecule has 0 saturated carbocycles. The number of hydrogen-bond donors (Lipinski definition) is 3. The maximum Gasteiger partial charge on any atom is 0.322 e. The third kappa shape index (κ3) is 4.63. The summed E-state index contributed by atoms with van der Waals surface area (Å²) in [6.45, 7) is -0.270. The third-order valence-corrected chi connectivity index (χ3v) is 4.13. The molecule has 1 aromatic carbocycles. The zero-order valence-corrected chi connectivity index (χ0v) is 15.1. The van der Waals surface area contributed by atoms with E-state index in [1.807, 2.05) is 42.5 Å². The van der Waals surface area contributed by atoms with E-state index in [-0.39, 0.29) is 12.5 Å². The van der Waals surface area contributed by atoms with Gasteiger partial charge in [0.1, 0.15) is 12.4 Å². The van der Waals surface area contributed by atoms with Gasteiger partial charge in [-0.1, -0.05) is 18.2 Å². The van der Waals surface area contributed by atoms with Gasteiger partial charge in [-0.05, 0) is 46.9 Å². The minimum Gasteiger partial charge on any atom is -0.480 e. The standard InChI is InChI=1S/C17H14IN5O2/c18-11-5-1-2-6-12(11)21-15-9-14(13-7-3-4-8-19-13)22-17(23-15)20-10-16(24)25/h1-9H,10H2,(H,24,25)(H2,20,21,22,23). The van der Waals surface area contributed by atoms with Gasteiger partial charge in [-0.25, -0.2) is 4.98 Å². The predicted molar refractivity (Wildman–Crippen MR) is 104 cm³/mol. The molecule has 0 bridgehead atoms. The van der Waals surface area contributed by atoms with Crippen molar-refractivity contribution in [3.8, 4) is 11.4 Å². The molecule has 3 aromatic rings. The number of anilines is 3. The Hall–Kier alpha value is -2.75. The highest BCUT2D eigenvalue weighted by molar-refractivity contribution is 14.1. The van der Waals surface area contributed by atoms with Gasteiger partial charge in [-0.2, -0.15) is 4.98 Å². The zero-order chi connectivity index (χ0) is 17.6. The number of rotatable bonds is 6. The SMILES string of the molecule is O=C(O)CNc1nc(Nc2ccccc2I)cc(-c2ccccn2)n1. The second-order valence-corrected chi connectivity index (χ2v) is 6.19. The van der Waals surface area contributed by atoms with Crippen LogP contribution in [-0.4, -0.2) is 32.6 Å². The largest absolute Gasteiger partial charge is 0.480 e. The molecule has 0 atom stereocenters. The molecule has 0 fully saturated rings. The number of para-hydroxylation sites is 1. The van der Waals surface area contributed by atoms with Crippen LogP contribution in [0, 0.1) is 3.57 Å². The first kappa shape index (κ1) is 17.1. The highest BCUT2D eigenvalue weighted by Gasteiger charge is 2.10. The van der Waals surface area contributed by atoms with Crippen LogP contribution in [0.3, 0.4) is 0 Å². The Kier molecular flexibility index (Phi) is 5.39. The lowest BCUT2D eigenvalue weighted by molar-refractivity contribution is -0.134. The second-order valence-electron chi connectivity index (χ2n) is 5.03. The predicted octanol–water partition coefficient (Wildman–Crippen LogP) is 3.38. The summed E-state index contributed by atoms with van der Waals surface area (Å²) in [5.41, 5.74) is 2.17. The normalized spacial score (nSPS) is 10.3. The van der Waals surface area contributed by atoms with Crippen LogP contribution >= 0.6 is 22.6 Å². The second kappa shape index (κ2) is 7.88. The Balaban J connectivity index is 1.97. The minimum atomic E-state index is -0.987. The maximum atomic E-state index is 10.8. The van der Waals surface area contributed by atoms with Crippen molar-refractivity contribution in [2.75, 3.05) is 17.2 Å². The summed E-state index contributed by atoms with van der Waals surface area (Å²) in [5.74, 6) is -0.217. The van der Waals surface area contributed by atoms with Crippen molar-refractivity contribution in [1.82, 2.24) is 15.0 Å². The Morgan fingerprint density at radius 1 is 1.08 bits per heavy atom. The van der Waals surface area contributed by atoms with Gasteiger partial charge < -0.3 is 15.7 Å². The third-order valence-electron chi connectivity index (χ3n) is 3.19. The maximum absolute atomic E-state index is 10.8. The highest BCUT2D eigenvalue weighted by Crippen LogP contribution is 2.24. The first-order chi connectivity index (χ1) is 12.1. The van der Waals surface area contributed by atoms with Crippen molar-refractivity contribution in [2.45, 2.75) is 0 Å². The van der Waals surface area contributed by atoms with E-state index in [2.05, 4.69) is 48.2 Å². The highest BCUT2D eigenvalue weighted by atomic mass is 127. The number of carbonyl (C=O) groups is 1. The molecular weight excluding hydrogens is 433 g/mol. The Morgan fingerprint density at radius 3 is 2.60 bits per heavy atom. The number of aliphatic carboxylic acids is 1. The van der Waals surface area contributed by atoms with Crippen molar-refractivity contribution in [2.24, 2.45) is 0 Å². The lowest BCUT2D eigenvalue weighted by atomic mass is 10.2. The molecule has 3 rings (SSSR count). The van der Waals surface area contributed by atoms with Crippen molar-refractivity contribution < 1.29 is 9.90 Å². The number of carboxylic acids is 1. The minimum absolute atomic E-state index is 0.221. The fourth-order valence-corrected chi connectivity index (χ4v) is 2.61. The smallest absolute Gasteiger partial charge is 0.322 e. The average molecular weight is 447 g/mol. The van der Waals surface area contributed by atoms with E-state index < -0.39 is 5.97 Å². The molecule has 0 aliphatic rings. The molecule has 3 N–H and O–H groups in total. The van der Waals surface area contributed by atoms with Gasteiger partial charge in [0, 0.05) is 15.8 Å². The van der Waals surface area contributed by atoms with Crippen LogP contribution in [0.15, 0.2) is 54.7 Å². The summed E-state index contributed by atoms with van der Waals surface area (Å²) in [4.78, 5) is 23.8. The molecule has 0 unspecified atom stereocenters. The molecule has 7 nitrogen and oxygen atoms in total. The first-order valence-corrected chi connectivity index (χ1v) is 8.47. The number of nitrogens with one attached hydrogen (secondary N) is 2. The first-order valence-electron chi connectivity index (χ1n) is 7.39. The molecule has 2 heterocycles. The topological polar surface area (TPSA) is 100 Å². The van der Waals surface area contributed by atoms with Crippen LogP contribution < -0.4 is 10.6 Å². The summed E-state index contributed by atoms with van der Waals surface area (Å²) in [7, 11) is 0. The number of halogens is 1.